The van der Waals surface area contributed by atoms with Crippen LogP contribution in [0.3, 0.4) is 0 Å². The van der Waals surface area contributed by atoms with Crippen LogP contribution < -0.4 is 5.32 Å². The van der Waals surface area contributed by atoms with Crippen LogP contribution >= 0.6 is 0 Å². The van der Waals surface area contributed by atoms with Crippen molar-refractivity contribution in [2.75, 3.05) is 5.32 Å². The number of benzene rings is 3. The molecule has 0 fully saturated rings. The van der Waals surface area contributed by atoms with E-state index < -0.39 is 5.97 Å². The zero-order chi connectivity index (χ0) is 22.0. The summed E-state index contributed by atoms with van der Waals surface area (Å²) in [6.45, 7) is 3.97. The van der Waals surface area contributed by atoms with Gasteiger partial charge in [-0.3, -0.25) is 0 Å². The second-order valence-corrected chi connectivity index (χ2v) is 7.28. The molecule has 156 valence electrons. The molecule has 0 atom stereocenters. The third-order valence-electron chi connectivity index (χ3n) is 5.18. The van der Waals surface area contributed by atoms with E-state index in [-0.39, 0.29) is 11.4 Å². The Balaban J connectivity index is 1.84. The van der Waals surface area contributed by atoms with Gasteiger partial charge in [0.25, 0.3) is 0 Å². The lowest BCUT2D eigenvalue weighted by Gasteiger charge is -2.14. The predicted molar refractivity (Wildman–Crippen MR) is 120 cm³/mol. The summed E-state index contributed by atoms with van der Waals surface area (Å²) in [7, 11) is 0. The maximum atomic E-state index is 13.4. The van der Waals surface area contributed by atoms with Crippen LogP contribution in [0, 0.1) is 12.7 Å². The largest absolute Gasteiger partial charge is 0.478 e. The van der Waals surface area contributed by atoms with Crippen molar-refractivity contribution in [3.8, 4) is 16.9 Å². The third-order valence-corrected chi connectivity index (χ3v) is 5.18. The smallest absolute Gasteiger partial charge is 0.337 e. The molecular formula is C25H22FN3O2. The van der Waals surface area contributed by atoms with Gasteiger partial charge in [0.2, 0.25) is 0 Å². The average Bonchev–Trinajstić information content (AvgIpc) is 3.18. The van der Waals surface area contributed by atoms with Crippen molar-refractivity contribution in [2.45, 2.75) is 20.3 Å². The highest BCUT2D eigenvalue weighted by Gasteiger charge is 2.17. The highest BCUT2D eigenvalue weighted by Crippen LogP contribution is 2.30. The molecule has 1 heterocycles. The standard InChI is InChI=1S/C25H22FN3O2/c1-3-17-8-13-21(20(14-17)25(30)31)27-24-15-22(18-9-11-19(26)12-10-18)28-29(24)23-7-5-4-6-16(23)2/h4-15,27H,3H2,1-2H3,(H,30,31). The number of halogens is 1. The zero-order valence-corrected chi connectivity index (χ0v) is 17.3. The van der Waals surface area contributed by atoms with E-state index in [4.69, 9.17) is 5.10 Å². The lowest BCUT2D eigenvalue weighted by molar-refractivity contribution is 0.0698. The number of anilines is 2. The Kier molecular flexibility index (Phi) is 5.54. The lowest BCUT2D eigenvalue weighted by Crippen LogP contribution is -2.08. The number of aryl methyl sites for hydroxylation is 2. The summed E-state index contributed by atoms with van der Waals surface area (Å²) in [5.74, 6) is -0.707. The molecule has 0 spiro atoms. The molecule has 4 rings (SSSR count). The predicted octanol–water partition coefficient (Wildman–Crippen LogP) is 5.99. The molecule has 0 saturated heterocycles. The average molecular weight is 415 g/mol. The molecule has 0 bridgehead atoms. The summed E-state index contributed by atoms with van der Waals surface area (Å²) in [4.78, 5) is 11.8. The maximum Gasteiger partial charge on any atom is 0.337 e. The van der Waals surface area contributed by atoms with Gasteiger partial charge in [0.1, 0.15) is 11.6 Å². The van der Waals surface area contributed by atoms with E-state index in [0.717, 1.165) is 28.8 Å². The number of carboxylic acid groups (broad SMARTS) is 1. The van der Waals surface area contributed by atoms with E-state index in [1.165, 1.54) is 12.1 Å². The van der Waals surface area contributed by atoms with Gasteiger partial charge >= 0.3 is 5.97 Å². The van der Waals surface area contributed by atoms with Crippen LogP contribution in [0.25, 0.3) is 16.9 Å². The second-order valence-electron chi connectivity index (χ2n) is 7.28. The molecule has 0 radical (unpaired) electrons. The molecule has 0 unspecified atom stereocenters. The minimum atomic E-state index is -1.00. The molecule has 0 saturated carbocycles. The Bertz CT molecular complexity index is 1250. The van der Waals surface area contributed by atoms with Crippen molar-refractivity contribution < 1.29 is 14.3 Å². The van der Waals surface area contributed by atoms with Crippen molar-refractivity contribution >= 4 is 17.5 Å². The van der Waals surface area contributed by atoms with Crippen LogP contribution in [0.4, 0.5) is 15.9 Å². The van der Waals surface area contributed by atoms with Crippen LogP contribution in [0.5, 0.6) is 0 Å². The van der Waals surface area contributed by atoms with Crippen molar-refractivity contribution in [2.24, 2.45) is 0 Å². The highest BCUT2D eigenvalue weighted by atomic mass is 19.1. The van der Waals surface area contributed by atoms with Gasteiger partial charge in [-0.05, 0) is 66.9 Å². The minimum Gasteiger partial charge on any atom is -0.478 e. The normalized spacial score (nSPS) is 10.8. The van der Waals surface area contributed by atoms with E-state index in [1.807, 2.05) is 50.2 Å². The fraction of sp³-hybridized carbons (Fsp3) is 0.120. The maximum absolute atomic E-state index is 13.4. The van der Waals surface area contributed by atoms with Gasteiger partial charge in [0.15, 0.2) is 0 Å². The summed E-state index contributed by atoms with van der Waals surface area (Å²) < 4.78 is 15.1. The third kappa shape index (κ3) is 4.19. The molecule has 1 aromatic heterocycles. The summed E-state index contributed by atoms with van der Waals surface area (Å²) in [6, 6.07) is 21.1. The first-order valence-electron chi connectivity index (χ1n) is 10.0. The number of aromatic nitrogens is 2. The molecule has 0 aliphatic heterocycles. The Morgan fingerprint density at radius 2 is 1.81 bits per heavy atom. The first kappa shape index (κ1) is 20.3. The Hall–Kier alpha value is -3.93. The SMILES string of the molecule is CCc1ccc(Nc2cc(-c3ccc(F)cc3)nn2-c2ccccc2C)c(C(=O)O)c1. The summed E-state index contributed by atoms with van der Waals surface area (Å²) in [5.41, 5.74) is 4.90. The van der Waals surface area contributed by atoms with Crippen LogP contribution in [0.1, 0.15) is 28.4 Å². The molecule has 2 N–H and O–H groups in total. The quantitative estimate of drug-likeness (QED) is 0.406. The Labute approximate surface area is 179 Å². The van der Waals surface area contributed by atoms with Gasteiger partial charge in [-0.2, -0.15) is 5.10 Å². The van der Waals surface area contributed by atoms with Crippen LogP contribution in [-0.2, 0) is 6.42 Å². The van der Waals surface area contributed by atoms with Crippen LogP contribution in [0.15, 0.2) is 72.8 Å². The molecule has 0 amide bonds. The minimum absolute atomic E-state index is 0.195. The van der Waals surface area contributed by atoms with Crippen LogP contribution in [-0.4, -0.2) is 20.9 Å². The number of nitrogens with one attached hydrogen (secondary N) is 1. The van der Waals surface area contributed by atoms with Gasteiger partial charge in [0.05, 0.1) is 22.6 Å². The monoisotopic (exact) mass is 415 g/mol. The number of aromatic carboxylic acids is 1. The topological polar surface area (TPSA) is 67.2 Å². The van der Waals surface area contributed by atoms with Crippen molar-refractivity contribution in [1.29, 1.82) is 0 Å². The van der Waals surface area contributed by atoms with Gasteiger partial charge in [0, 0.05) is 11.6 Å². The zero-order valence-electron chi connectivity index (χ0n) is 17.3. The first-order chi connectivity index (χ1) is 15.0. The molecule has 0 aliphatic rings. The van der Waals surface area contributed by atoms with Gasteiger partial charge in [-0.15, -0.1) is 0 Å². The fourth-order valence-electron chi connectivity index (χ4n) is 3.45. The van der Waals surface area contributed by atoms with E-state index >= 15 is 0 Å². The summed E-state index contributed by atoms with van der Waals surface area (Å²) >= 11 is 0. The Morgan fingerprint density at radius 1 is 1.06 bits per heavy atom. The van der Waals surface area contributed by atoms with Gasteiger partial charge in [-0.1, -0.05) is 31.2 Å². The molecule has 3 aromatic carbocycles. The highest BCUT2D eigenvalue weighted by molar-refractivity contribution is 5.95. The second kappa shape index (κ2) is 8.44. The molecular weight excluding hydrogens is 393 g/mol. The van der Waals surface area contributed by atoms with E-state index in [1.54, 1.807) is 28.9 Å². The number of hydrogen-bond donors (Lipinski definition) is 2. The number of nitrogens with zero attached hydrogens (tertiary/aromatic N) is 2. The summed E-state index contributed by atoms with van der Waals surface area (Å²) in [5, 5.41) is 17.7. The summed E-state index contributed by atoms with van der Waals surface area (Å²) in [6.07, 6.45) is 0.746. The van der Waals surface area contributed by atoms with Crippen molar-refractivity contribution in [3.63, 3.8) is 0 Å². The number of carboxylic acids is 1. The Morgan fingerprint density at radius 3 is 2.48 bits per heavy atom. The molecule has 6 heteroatoms. The van der Waals surface area contributed by atoms with E-state index in [9.17, 15) is 14.3 Å². The van der Waals surface area contributed by atoms with Crippen molar-refractivity contribution in [1.82, 2.24) is 9.78 Å². The van der Waals surface area contributed by atoms with E-state index in [2.05, 4.69) is 5.32 Å². The molecule has 0 aliphatic carbocycles. The fourth-order valence-corrected chi connectivity index (χ4v) is 3.45. The number of hydrogen-bond acceptors (Lipinski definition) is 3. The van der Waals surface area contributed by atoms with Crippen LogP contribution in [0.2, 0.25) is 0 Å². The van der Waals surface area contributed by atoms with Gasteiger partial charge in [-0.25, -0.2) is 13.9 Å². The van der Waals surface area contributed by atoms with E-state index in [0.29, 0.717) is 17.2 Å². The molecule has 31 heavy (non-hydrogen) atoms. The number of rotatable bonds is 6. The molecule has 5 nitrogen and oxygen atoms in total. The molecule has 4 aromatic rings. The number of para-hydroxylation sites is 1. The van der Waals surface area contributed by atoms with Gasteiger partial charge < -0.3 is 10.4 Å². The lowest BCUT2D eigenvalue weighted by atomic mass is 10.1. The van der Waals surface area contributed by atoms with Crippen molar-refractivity contribution in [3.05, 3.63) is 95.3 Å². The number of carbonyl (C=O) groups is 1. The first-order valence-corrected chi connectivity index (χ1v) is 10.0.